The zero-order valence-corrected chi connectivity index (χ0v) is 17.7. The SMILES string of the molecule is COC(=O)OC1=C(c2c(C)cc(Cl)cc2C)C(=O)NC12CCC(C)(OC)CC2. The van der Waals surface area contributed by atoms with Gasteiger partial charge in [-0.3, -0.25) is 4.79 Å². The van der Waals surface area contributed by atoms with Gasteiger partial charge in [0.2, 0.25) is 0 Å². The molecule has 1 aromatic rings. The van der Waals surface area contributed by atoms with Gasteiger partial charge < -0.3 is 19.5 Å². The molecule has 0 saturated heterocycles. The summed E-state index contributed by atoms with van der Waals surface area (Å²) in [5.41, 5.74) is 1.78. The van der Waals surface area contributed by atoms with Crippen LogP contribution >= 0.6 is 11.6 Å². The Morgan fingerprint density at radius 2 is 1.68 bits per heavy atom. The molecule has 1 saturated carbocycles. The molecule has 3 rings (SSSR count). The van der Waals surface area contributed by atoms with E-state index in [1.165, 1.54) is 7.11 Å². The van der Waals surface area contributed by atoms with Crippen LogP contribution in [-0.4, -0.2) is 37.4 Å². The van der Waals surface area contributed by atoms with Gasteiger partial charge in [-0.25, -0.2) is 4.79 Å². The fourth-order valence-electron chi connectivity index (χ4n) is 4.25. The second-order valence-electron chi connectivity index (χ2n) is 7.87. The molecule has 7 heteroatoms. The molecule has 2 aliphatic rings. The smallest absolute Gasteiger partial charge is 0.437 e. The molecule has 1 spiro atoms. The number of carbonyl (C=O) groups excluding carboxylic acids is 2. The summed E-state index contributed by atoms with van der Waals surface area (Å²) in [5, 5.41) is 3.69. The van der Waals surface area contributed by atoms with Gasteiger partial charge in [0, 0.05) is 12.1 Å². The second kappa shape index (κ2) is 7.41. The monoisotopic (exact) mass is 407 g/mol. The van der Waals surface area contributed by atoms with Crippen molar-refractivity contribution in [2.24, 2.45) is 0 Å². The molecule has 1 N–H and O–H groups in total. The maximum absolute atomic E-state index is 13.1. The number of benzene rings is 1. The molecule has 1 amide bonds. The number of halogens is 1. The lowest BCUT2D eigenvalue weighted by Gasteiger charge is -2.42. The summed E-state index contributed by atoms with van der Waals surface area (Å²) in [4.78, 5) is 25.1. The van der Waals surface area contributed by atoms with E-state index >= 15 is 0 Å². The van der Waals surface area contributed by atoms with E-state index in [9.17, 15) is 9.59 Å². The molecular formula is C21H26ClNO5. The normalized spacial score (nSPS) is 27.1. The van der Waals surface area contributed by atoms with Crippen molar-refractivity contribution in [2.45, 2.75) is 57.6 Å². The quantitative estimate of drug-likeness (QED) is 0.756. The van der Waals surface area contributed by atoms with Gasteiger partial charge in [0.25, 0.3) is 5.91 Å². The first-order valence-corrected chi connectivity index (χ1v) is 9.68. The number of ether oxygens (including phenoxy) is 3. The first-order valence-electron chi connectivity index (χ1n) is 9.30. The lowest BCUT2D eigenvalue weighted by atomic mass is 9.73. The molecule has 1 fully saturated rings. The minimum Gasteiger partial charge on any atom is -0.437 e. The molecule has 152 valence electrons. The molecule has 0 aromatic heterocycles. The highest BCUT2D eigenvalue weighted by Crippen LogP contribution is 2.47. The molecule has 0 unspecified atom stereocenters. The molecule has 0 atom stereocenters. The molecule has 28 heavy (non-hydrogen) atoms. The number of hydrogen-bond acceptors (Lipinski definition) is 5. The maximum atomic E-state index is 13.1. The Hall–Kier alpha value is -2.05. The Kier molecular flexibility index (Phi) is 5.47. The van der Waals surface area contributed by atoms with E-state index in [4.69, 9.17) is 25.8 Å². The fraction of sp³-hybridized carbons (Fsp3) is 0.524. The van der Waals surface area contributed by atoms with E-state index in [0.717, 1.165) is 29.5 Å². The van der Waals surface area contributed by atoms with Crippen molar-refractivity contribution in [2.75, 3.05) is 14.2 Å². The minimum atomic E-state index is -0.840. The second-order valence-corrected chi connectivity index (χ2v) is 8.30. The highest BCUT2D eigenvalue weighted by atomic mass is 35.5. The van der Waals surface area contributed by atoms with Crippen LogP contribution < -0.4 is 5.32 Å². The first-order chi connectivity index (χ1) is 13.1. The Morgan fingerprint density at radius 1 is 1.11 bits per heavy atom. The number of hydrogen-bond donors (Lipinski definition) is 1. The lowest BCUT2D eigenvalue weighted by molar-refractivity contribution is -0.117. The van der Waals surface area contributed by atoms with E-state index in [0.29, 0.717) is 29.2 Å². The third kappa shape index (κ3) is 3.51. The molecular weight excluding hydrogens is 382 g/mol. The summed E-state index contributed by atoms with van der Waals surface area (Å²) < 4.78 is 16.0. The van der Waals surface area contributed by atoms with E-state index < -0.39 is 11.7 Å². The van der Waals surface area contributed by atoms with Crippen LogP contribution in [0.15, 0.2) is 17.9 Å². The van der Waals surface area contributed by atoms with Crippen molar-refractivity contribution in [1.29, 1.82) is 0 Å². The number of aryl methyl sites for hydroxylation is 2. The number of amides is 1. The van der Waals surface area contributed by atoms with Crippen LogP contribution in [0.3, 0.4) is 0 Å². The van der Waals surface area contributed by atoms with Gasteiger partial charge in [-0.2, -0.15) is 0 Å². The topological polar surface area (TPSA) is 73.9 Å². The fourth-order valence-corrected chi connectivity index (χ4v) is 4.57. The molecule has 6 nitrogen and oxygen atoms in total. The first kappa shape index (κ1) is 20.7. The number of rotatable bonds is 3. The summed E-state index contributed by atoms with van der Waals surface area (Å²) in [7, 11) is 2.94. The van der Waals surface area contributed by atoms with Gasteiger partial charge in [0.1, 0.15) is 5.76 Å². The van der Waals surface area contributed by atoms with Gasteiger partial charge in [-0.05, 0) is 75.3 Å². The van der Waals surface area contributed by atoms with Gasteiger partial charge in [-0.15, -0.1) is 0 Å². The maximum Gasteiger partial charge on any atom is 0.513 e. The van der Waals surface area contributed by atoms with E-state index in [1.807, 2.05) is 13.8 Å². The van der Waals surface area contributed by atoms with Crippen LogP contribution in [0.25, 0.3) is 5.57 Å². The Labute approximate surface area is 170 Å². The Balaban J connectivity index is 2.15. The molecule has 0 bridgehead atoms. The van der Waals surface area contributed by atoms with Gasteiger partial charge in [0.15, 0.2) is 0 Å². The highest BCUT2D eigenvalue weighted by molar-refractivity contribution is 6.31. The molecule has 1 aliphatic carbocycles. The zero-order valence-electron chi connectivity index (χ0n) is 16.9. The predicted octanol–water partition coefficient (Wildman–Crippen LogP) is 4.30. The highest BCUT2D eigenvalue weighted by Gasteiger charge is 2.52. The lowest BCUT2D eigenvalue weighted by Crippen LogP contribution is -2.51. The molecule has 1 heterocycles. The minimum absolute atomic E-state index is 0.256. The van der Waals surface area contributed by atoms with Gasteiger partial charge >= 0.3 is 6.16 Å². The summed E-state index contributed by atoms with van der Waals surface area (Å²) in [6.07, 6.45) is 1.82. The van der Waals surface area contributed by atoms with Crippen LogP contribution in [-0.2, 0) is 19.0 Å². The van der Waals surface area contributed by atoms with E-state index in [1.54, 1.807) is 19.2 Å². The molecule has 0 radical (unpaired) electrons. The number of nitrogens with one attached hydrogen (secondary N) is 1. The van der Waals surface area contributed by atoms with E-state index in [-0.39, 0.29) is 11.5 Å². The van der Waals surface area contributed by atoms with Gasteiger partial charge in [-0.1, -0.05) is 11.6 Å². The Morgan fingerprint density at radius 3 is 2.18 bits per heavy atom. The van der Waals surface area contributed by atoms with Crippen LogP contribution in [0.2, 0.25) is 5.02 Å². The van der Waals surface area contributed by atoms with Crippen molar-refractivity contribution < 1.29 is 23.8 Å². The van der Waals surface area contributed by atoms with Crippen molar-refractivity contribution in [3.8, 4) is 0 Å². The molecule has 1 aromatic carbocycles. The predicted molar refractivity (Wildman–Crippen MR) is 106 cm³/mol. The van der Waals surface area contributed by atoms with Crippen molar-refractivity contribution in [3.63, 3.8) is 0 Å². The summed E-state index contributed by atoms with van der Waals surface area (Å²) >= 11 is 6.16. The Bertz CT molecular complexity index is 829. The third-order valence-electron chi connectivity index (χ3n) is 6.00. The van der Waals surface area contributed by atoms with Crippen molar-refractivity contribution in [1.82, 2.24) is 5.32 Å². The summed E-state index contributed by atoms with van der Waals surface area (Å²) in [5.74, 6) is 0.0736. The van der Waals surface area contributed by atoms with E-state index in [2.05, 4.69) is 12.2 Å². The van der Waals surface area contributed by atoms with Crippen LogP contribution in [0.5, 0.6) is 0 Å². The summed E-state index contributed by atoms with van der Waals surface area (Å²) in [6, 6.07) is 3.60. The van der Waals surface area contributed by atoms with Crippen molar-refractivity contribution in [3.05, 3.63) is 39.6 Å². The largest absolute Gasteiger partial charge is 0.513 e. The average Bonchev–Trinajstić information content (AvgIpc) is 2.89. The van der Waals surface area contributed by atoms with Crippen LogP contribution in [0, 0.1) is 13.8 Å². The zero-order chi connectivity index (χ0) is 20.7. The molecule has 1 aliphatic heterocycles. The number of carbonyl (C=O) groups is 2. The van der Waals surface area contributed by atoms with Crippen LogP contribution in [0.4, 0.5) is 4.79 Å². The third-order valence-corrected chi connectivity index (χ3v) is 6.21. The van der Waals surface area contributed by atoms with Gasteiger partial charge in [0.05, 0.1) is 23.8 Å². The van der Waals surface area contributed by atoms with Crippen LogP contribution in [0.1, 0.15) is 49.3 Å². The average molecular weight is 408 g/mol. The summed E-state index contributed by atoms with van der Waals surface area (Å²) in [6.45, 7) is 5.83. The number of methoxy groups -OCH3 is 2. The van der Waals surface area contributed by atoms with Crippen molar-refractivity contribution >= 4 is 29.2 Å². The standard InChI is InChI=1S/C21H26ClNO5/c1-12-10-14(22)11-13(2)15(12)16-17(28-19(25)26-4)21(23-18(16)24)8-6-20(3,27-5)7-9-21/h10-11H,6-9H2,1-5H3,(H,23,24).